The Kier molecular flexibility index (Phi) is 8.63. The average molecular weight is 615 g/mol. The van der Waals surface area contributed by atoms with Crippen LogP contribution in [-0.4, -0.2) is 61.5 Å². The Labute approximate surface area is 253 Å². The summed E-state index contributed by atoms with van der Waals surface area (Å²) in [7, 11) is 0. The van der Waals surface area contributed by atoms with Gasteiger partial charge < -0.3 is 5.11 Å². The van der Waals surface area contributed by atoms with Gasteiger partial charge in [0.1, 0.15) is 23.2 Å². The largest absolute Gasteiger partial charge is 0.390 e. The number of hydrogen-bond acceptors (Lipinski definition) is 8. The topological polar surface area (TPSA) is 96.3 Å². The fourth-order valence-corrected chi connectivity index (χ4v) is 7.35. The SMILES string of the molecule is Cc1ccc(F)c(C(C)(C)CC(=O)CC2(CC(=O)c3nnc(-c4ccc(F)cc4F)s3)CN(C3CCC(C)(O)CC3)C2)n1. The van der Waals surface area contributed by atoms with Gasteiger partial charge in [-0.1, -0.05) is 25.2 Å². The second kappa shape index (κ2) is 11.8. The second-order valence-corrected chi connectivity index (χ2v) is 14.3. The molecule has 2 aromatic heterocycles. The minimum absolute atomic E-state index is 0.0533. The van der Waals surface area contributed by atoms with E-state index in [0.29, 0.717) is 31.6 Å². The molecule has 2 fully saturated rings. The van der Waals surface area contributed by atoms with E-state index in [2.05, 4.69) is 20.1 Å². The summed E-state index contributed by atoms with van der Waals surface area (Å²) in [5.74, 6) is -2.34. The van der Waals surface area contributed by atoms with Crippen LogP contribution in [0.2, 0.25) is 0 Å². The molecule has 0 bridgehead atoms. The van der Waals surface area contributed by atoms with Gasteiger partial charge in [0.2, 0.25) is 0 Å². The number of aliphatic hydroxyl groups is 1. The van der Waals surface area contributed by atoms with Crippen LogP contribution in [-0.2, 0) is 10.2 Å². The molecule has 0 atom stereocenters. The molecule has 1 aliphatic heterocycles. The Morgan fingerprint density at radius 2 is 1.74 bits per heavy atom. The van der Waals surface area contributed by atoms with Gasteiger partial charge in [-0.25, -0.2) is 13.2 Å². The standard InChI is InChI=1S/C32H37F3N4O3S/c1-19-5-8-24(34)27(36-19)30(2,3)14-22(40)15-32(17-39(18-32)21-9-11-31(4,42)12-10-21)16-26(41)29-38-37-28(43-29)23-7-6-20(33)13-25(23)35/h5-8,13,21,42H,9-12,14-18H2,1-4H3. The molecule has 1 saturated carbocycles. The van der Waals surface area contributed by atoms with Gasteiger partial charge in [-0.3, -0.25) is 19.5 Å². The predicted octanol–water partition coefficient (Wildman–Crippen LogP) is 6.22. The van der Waals surface area contributed by atoms with Crippen LogP contribution < -0.4 is 0 Å². The summed E-state index contributed by atoms with van der Waals surface area (Å²) < 4.78 is 42.4. The van der Waals surface area contributed by atoms with Crippen LogP contribution in [0.1, 0.15) is 86.9 Å². The fraction of sp³-hybridized carbons (Fsp3) is 0.531. The van der Waals surface area contributed by atoms with Gasteiger partial charge in [0, 0.05) is 66.5 Å². The summed E-state index contributed by atoms with van der Waals surface area (Å²) in [6, 6.07) is 6.35. The van der Waals surface area contributed by atoms with Crippen molar-refractivity contribution in [3.05, 3.63) is 64.2 Å². The lowest BCUT2D eigenvalue weighted by Gasteiger charge is -2.54. The Balaban J connectivity index is 1.33. The molecular formula is C32H37F3N4O3S. The van der Waals surface area contributed by atoms with Crippen molar-refractivity contribution in [2.75, 3.05) is 13.1 Å². The number of nitrogens with zero attached hydrogens (tertiary/aromatic N) is 4. The predicted molar refractivity (Wildman–Crippen MR) is 157 cm³/mol. The van der Waals surface area contributed by atoms with Crippen molar-refractivity contribution >= 4 is 22.9 Å². The molecule has 2 aliphatic rings. The number of benzene rings is 1. The van der Waals surface area contributed by atoms with Gasteiger partial charge in [0.05, 0.1) is 11.3 Å². The van der Waals surface area contributed by atoms with Crippen molar-refractivity contribution in [1.29, 1.82) is 0 Å². The van der Waals surface area contributed by atoms with Crippen molar-refractivity contribution in [1.82, 2.24) is 20.1 Å². The molecular weight excluding hydrogens is 577 g/mol. The van der Waals surface area contributed by atoms with Gasteiger partial charge >= 0.3 is 0 Å². The maximum atomic E-state index is 14.7. The van der Waals surface area contributed by atoms with Gasteiger partial charge in [-0.05, 0) is 63.8 Å². The van der Waals surface area contributed by atoms with E-state index in [-0.39, 0.29) is 58.1 Å². The number of ketones is 2. The third kappa shape index (κ3) is 7.05. The molecule has 0 unspecified atom stereocenters. The number of Topliss-reactive ketones (excluding diaryl/α,β-unsaturated/α-hetero) is 2. The number of hydrogen-bond donors (Lipinski definition) is 1. The molecule has 43 heavy (non-hydrogen) atoms. The van der Waals surface area contributed by atoms with E-state index in [4.69, 9.17) is 0 Å². The van der Waals surface area contributed by atoms with Gasteiger partial charge in [-0.15, -0.1) is 10.2 Å². The molecule has 3 heterocycles. The maximum absolute atomic E-state index is 14.7. The van der Waals surface area contributed by atoms with E-state index < -0.39 is 33.9 Å². The monoisotopic (exact) mass is 614 g/mol. The van der Waals surface area contributed by atoms with Crippen LogP contribution in [0.4, 0.5) is 13.2 Å². The Bertz CT molecular complexity index is 1520. The van der Waals surface area contributed by atoms with Crippen molar-refractivity contribution in [2.24, 2.45) is 5.41 Å². The van der Waals surface area contributed by atoms with E-state index in [9.17, 15) is 27.9 Å². The van der Waals surface area contributed by atoms with Gasteiger partial charge in [0.15, 0.2) is 15.8 Å². The third-order valence-corrected chi connectivity index (χ3v) is 9.82. The number of carbonyl (C=O) groups excluding carboxylic acids is 2. The number of aryl methyl sites for hydroxylation is 1. The molecule has 0 spiro atoms. The van der Waals surface area contributed by atoms with Gasteiger partial charge in [0.25, 0.3) is 0 Å². The molecule has 0 amide bonds. The second-order valence-electron chi connectivity index (χ2n) is 13.3. The molecule has 1 N–H and O–H groups in total. The molecule has 230 valence electrons. The van der Waals surface area contributed by atoms with Crippen LogP contribution in [0.15, 0.2) is 30.3 Å². The summed E-state index contributed by atoms with van der Waals surface area (Å²) >= 11 is 0.937. The zero-order valence-electron chi connectivity index (χ0n) is 24.9. The number of pyridine rings is 1. The fourth-order valence-electron chi connectivity index (χ4n) is 6.54. The van der Waals surface area contributed by atoms with E-state index in [0.717, 1.165) is 36.3 Å². The number of carbonyl (C=O) groups is 2. The molecule has 0 radical (unpaired) electrons. The summed E-state index contributed by atoms with van der Waals surface area (Å²) in [5, 5.41) is 18.6. The summed E-state index contributed by atoms with van der Waals surface area (Å²) in [6.45, 7) is 8.29. The van der Waals surface area contributed by atoms with Crippen LogP contribution in [0.25, 0.3) is 10.6 Å². The molecule has 3 aromatic rings. The van der Waals surface area contributed by atoms with Crippen molar-refractivity contribution in [3.63, 3.8) is 0 Å². The highest BCUT2D eigenvalue weighted by atomic mass is 32.1. The Hall–Kier alpha value is -3.02. The lowest BCUT2D eigenvalue weighted by atomic mass is 9.68. The van der Waals surface area contributed by atoms with Crippen molar-refractivity contribution in [2.45, 2.75) is 89.7 Å². The van der Waals surface area contributed by atoms with Crippen LogP contribution in [0.3, 0.4) is 0 Å². The van der Waals surface area contributed by atoms with Gasteiger partial charge in [-0.2, -0.15) is 0 Å². The third-order valence-electron chi connectivity index (χ3n) is 8.82. The molecule has 1 saturated heterocycles. The summed E-state index contributed by atoms with van der Waals surface area (Å²) in [5.41, 5.74) is -1.19. The van der Waals surface area contributed by atoms with Crippen molar-refractivity contribution < 1.29 is 27.9 Å². The molecule has 1 aliphatic carbocycles. The highest BCUT2D eigenvalue weighted by molar-refractivity contribution is 7.16. The average Bonchev–Trinajstić information content (AvgIpc) is 3.38. The van der Waals surface area contributed by atoms with E-state index in [1.165, 1.54) is 12.1 Å². The molecule has 1 aromatic carbocycles. The van der Waals surface area contributed by atoms with E-state index >= 15 is 0 Å². The first kappa shape index (κ1) is 31.4. The van der Waals surface area contributed by atoms with Crippen LogP contribution >= 0.6 is 11.3 Å². The first-order valence-corrected chi connectivity index (χ1v) is 15.4. The molecule has 11 heteroatoms. The van der Waals surface area contributed by atoms with E-state index in [1.54, 1.807) is 26.8 Å². The number of likely N-dealkylation sites (tertiary alicyclic amines) is 1. The summed E-state index contributed by atoms with van der Waals surface area (Å²) in [4.78, 5) is 33.7. The normalized spacial score (nSPS) is 22.3. The highest BCUT2D eigenvalue weighted by Gasteiger charge is 2.49. The minimum Gasteiger partial charge on any atom is -0.390 e. The van der Waals surface area contributed by atoms with Crippen LogP contribution in [0.5, 0.6) is 0 Å². The summed E-state index contributed by atoms with van der Waals surface area (Å²) in [6.07, 6.45) is 3.30. The Morgan fingerprint density at radius 1 is 1.05 bits per heavy atom. The maximum Gasteiger partial charge on any atom is 0.194 e. The zero-order chi connectivity index (χ0) is 31.2. The first-order valence-electron chi connectivity index (χ1n) is 14.6. The Morgan fingerprint density at radius 3 is 2.42 bits per heavy atom. The molecule has 7 nitrogen and oxygen atoms in total. The number of rotatable bonds is 10. The van der Waals surface area contributed by atoms with Crippen molar-refractivity contribution in [3.8, 4) is 10.6 Å². The highest BCUT2D eigenvalue weighted by Crippen LogP contribution is 2.44. The first-order chi connectivity index (χ1) is 20.2. The van der Waals surface area contributed by atoms with Crippen LogP contribution in [0, 0.1) is 29.8 Å². The minimum atomic E-state index is -0.843. The number of halogens is 3. The smallest absolute Gasteiger partial charge is 0.194 e. The zero-order valence-corrected chi connectivity index (χ0v) is 25.7. The lowest BCUT2D eigenvalue weighted by molar-refractivity contribution is -0.128. The lowest BCUT2D eigenvalue weighted by Crippen LogP contribution is -2.62. The number of aromatic nitrogens is 3. The van der Waals surface area contributed by atoms with E-state index in [1.807, 2.05) is 6.92 Å². The quantitative estimate of drug-likeness (QED) is 0.271. The molecule has 5 rings (SSSR count).